The first-order valence-electron chi connectivity index (χ1n) is 5.95. The van der Waals surface area contributed by atoms with Crippen molar-refractivity contribution in [2.24, 2.45) is 11.7 Å². The van der Waals surface area contributed by atoms with E-state index in [0.717, 1.165) is 31.7 Å². The predicted molar refractivity (Wildman–Crippen MR) is 67.0 cm³/mol. The van der Waals surface area contributed by atoms with Gasteiger partial charge in [0, 0.05) is 6.54 Å². The molecule has 0 saturated carbocycles. The van der Waals surface area contributed by atoms with E-state index in [0.29, 0.717) is 5.92 Å². The number of nitrogens with two attached hydrogens (primary N) is 1. The van der Waals surface area contributed by atoms with Crippen molar-refractivity contribution in [3.05, 3.63) is 23.8 Å². The Labute approximate surface area is 97.0 Å². The fraction of sp³-hybridized carbons (Fsp3) is 0.538. The Bertz CT molecular complexity index is 352. The second-order valence-corrected chi connectivity index (χ2v) is 4.36. The zero-order chi connectivity index (χ0) is 11.4. The summed E-state index contributed by atoms with van der Waals surface area (Å²) < 4.78 is 5.38. The van der Waals surface area contributed by atoms with Gasteiger partial charge < -0.3 is 15.8 Å². The van der Waals surface area contributed by atoms with Crippen LogP contribution >= 0.6 is 0 Å². The van der Waals surface area contributed by atoms with Gasteiger partial charge in [0.1, 0.15) is 5.75 Å². The SMILES string of the molecule is COc1cccc2c1NCCC(CCN)C2. The van der Waals surface area contributed by atoms with E-state index in [1.807, 2.05) is 6.07 Å². The minimum Gasteiger partial charge on any atom is -0.495 e. The summed E-state index contributed by atoms with van der Waals surface area (Å²) in [5.74, 6) is 1.65. The van der Waals surface area contributed by atoms with E-state index in [2.05, 4.69) is 17.4 Å². The molecule has 0 amide bonds. The van der Waals surface area contributed by atoms with Crippen molar-refractivity contribution in [1.82, 2.24) is 0 Å². The molecule has 0 radical (unpaired) electrons. The van der Waals surface area contributed by atoms with Crippen LogP contribution in [0.25, 0.3) is 0 Å². The standard InChI is InChI=1S/C13H20N2O/c1-16-12-4-2-3-11-9-10(5-7-14)6-8-15-13(11)12/h2-4,10,15H,5-9,14H2,1H3. The summed E-state index contributed by atoms with van der Waals surface area (Å²) >= 11 is 0. The van der Waals surface area contributed by atoms with Gasteiger partial charge in [-0.3, -0.25) is 0 Å². The molecule has 0 fully saturated rings. The highest BCUT2D eigenvalue weighted by Gasteiger charge is 2.17. The summed E-state index contributed by atoms with van der Waals surface area (Å²) in [6, 6.07) is 6.25. The van der Waals surface area contributed by atoms with Crippen LogP contribution in [-0.4, -0.2) is 20.2 Å². The van der Waals surface area contributed by atoms with Crippen molar-refractivity contribution >= 4 is 5.69 Å². The van der Waals surface area contributed by atoms with Crippen LogP contribution in [0.15, 0.2) is 18.2 Å². The number of rotatable bonds is 3. The molecular weight excluding hydrogens is 200 g/mol. The Morgan fingerprint density at radius 3 is 3.12 bits per heavy atom. The minimum absolute atomic E-state index is 0.700. The average Bonchev–Trinajstić information content (AvgIpc) is 2.50. The maximum atomic E-state index is 5.64. The van der Waals surface area contributed by atoms with Crippen molar-refractivity contribution in [2.45, 2.75) is 19.3 Å². The highest BCUT2D eigenvalue weighted by Crippen LogP contribution is 2.33. The first kappa shape index (κ1) is 11.3. The summed E-state index contributed by atoms with van der Waals surface area (Å²) in [5, 5.41) is 3.47. The van der Waals surface area contributed by atoms with E-state index in [1.165, 1.54) is 17.7 Å². The van der Waals surface area contributed by atoms with E-state index >= 15 is 0 Å². The molecule has 16 heavy (non-hydrogen) atoms. The monoisotopic (exact) mass is 220 g/mol. The number of ether oxygens (including phenoxy) is 1. The second-order valence-electron chi connectivity index (χ2n) is 4.36. The molecule has 3 nitrogen and oxygen atoms in total. The van der Waals surface area contributed by atoms with Crippen molar-refractivity contribution in [2.75, 3.05) is 25.5 Å². The third-order valence-corrected chi connectivity index (χ3v) is 3.27. The molecule has 3 heteroatoms. The van der Waals surface area contributed by atoms with Crippen LogP contribution in [0.1, 0.15) is 18.4 Å². The zero-order valence-electron chi connectivity index (χ0n) is 9.83. The van der Waals surface area contributed by atoms with Crippen molar-refractivity contribution < 1.29 is 4.74 Å². The highest BCUT2D eigenvalue weighted by atomic mass is 16.5. The van der Waals surface area contributed by atoms with Gasteiger partial charge in [0.15, 0.2) is 0 Å². The zero-order valence-corrected chi connectivity index (χ0v) is 9.83. The maximum absolute atomic E-state index is 5.64. The van der Waals surface area contributed by atoms with Crippen molar-refractivity contribution in [3.8, 4) is 5.75 Å². The lowest BCUT2D eigenvalue weighted by Gasteiger charge is -2.13. The summed E-state index contributed by atoms with van der Waals surface area (Å²) in [7, 11) is 1.72. The van der Waals surface area contributed by atoms with Gasteiger partial charge >= 0.3 is 0 Å². The molecule has 1 atom stereocenters. The Morgan fingerprint density at radius 2 is 2.38 bits per heavy atom. The van der Waals surface area contributed by atoms with Crippen LogP contribution in [0.4, 0.5) is 5.69 Å². The van der Waals surface area contributed by atoms with E-state index < -0.39 is 0 Å². The number of fused-ring (bicyclic) bond motifs is 1. The van der Waals surface area contributed by atoms with Crippen molar-refractivity contribution in [3.63, 3.8) is 0 Å². The van der Waals surface area contributed by atoms with E-state index in [1.54, 1.807) is 7.11 Å². The topological polar surface area (TPSA) is 47.3 Å². The second kappa shape index (κ2) is 5.21. The fourth-order valence-corrected chi connectivity index (χ4v) is 2.41. The lowest BCUT2D eigenvalue weighted by molar-refractivity contribution is 0.416. The van der Waals surface area contributed by atoms with Gasteiger partial charge in [-0.15, -0.1) is 0 Å². The summed E-state index contributed by atoms with van der Waals surface area (Å²) in [4.78, 5) is 0. The van der Waals surface area contributed by atoms with Crippen LogP contribution in [0.2, 0.25) is 0 Å². The summed E-state index contributed by atoms with van der Waals surface area (Å²) in [6.45, 7) is 1.79. The molecule has 1 heterocycles. The van der Waals surface area contributed by atoms with Gasteiger partial charge in [-0.25, -0.2) is 0 Å². The first-order chi connectivity index (χ1) is 7.85. The van der Waals surface area contributed by atoms with Gasteiger partial charge in [-0.05, 0) is 43.4 Å². The lowest BCUT2D eigenvalue weighted by atomic mass is 9.94. The van der Waals surface area contributed by atoms with Gasteiger partial charge in [0.2, 0.25) is 0 Å². The molecule has 0 bridgehead atoms. The molecule has 0 aromatic heterocycles. The Kier molecular flexibility index (Phi) is 3.67. The van der Waals surface area contributed by atoms with Gasteiger partial charge in [0.25, 0.3) is 0 Å². The summed E-state index contributed by atoms with van der Waals surface area (Å²) in [6.07, 6.45) is 3.41. The molecule has 0 aliphatic carbocycles. The number of hydrogen-bond donors (Lipinski definition) is 2. The van der Waals surface area contributed by atoms with Gasteiger partial charge in [-0.2, -0.15) is 0 Å². The third kappa shape index (κ3) is 2.30. The van der Waals surface area contributed by atoms with Crippen LogP contribution in [0, 0.1) is 5.92 Å². The van der Waals surface area contributed by atoms with Crippen molar-refractivity contribution in [1.29, 1.82) is 0 Å². The lowest BCUT2D eigenvalue weighted by Crippen LogP contribution is -2.12. The van der Waals surface area contributed by atoms with Crippen LogP contribution < -0.4 is 15.8 Å². The van der Waals surface area contributed by atoms with E-state index in [-0.39, 0.29) is 0 Å². The largest absolute Gasteiger partial charge is 0.495 e. The molecule has 88 valence electrons. The van der Waals surface area contributed by atoms with Crippen LogP contribution in [0.5, 0.6) is 5.75 Å². The maximum Gasteiger partial charge on any atom is 0.142 e. The molecule has 1 aromatic carbocycles. The first-order valence-corrected chi connectivity index (χ1v) is 5.95. The Hall–Kier alpha value is -1.22. The number of para-hydroxylation sites is 1. The molecule has 0 saturated heterocycles. The fourth-order valence-electron chi connectivity index (χ4n) is 2.41. The van der Waals surface area contributed by atoms with E-state index in [9.17, 15) is 0 Å². The molecule has 0 spiro atoms. The minimum atomic E-state index is 0.700. The Morgan fingerprint density at radius 1 is 1.50 bits per heavy atom. The molecule has 3 N–H and O–H groups in total. The van der Waals surface area contributed by atoms with Crippen LogP contribution in [0.3, 0.4) is 0 Å². The molecule has 1 unspecified atom stereocenters. The normalized spacial score (nSPS) is 19.5. The quantitative estimate of drug-likeness (QED) is 0.819. The third-order valence-electron chi connectivity index (χ3n) is 3.27. The number of hydrogen-bond acceptors (Lipinski definition) is 3. The average molecular weight is 220 g/mol. The highest BCUT2D eigenvalue weighted by molar-refractivity contribution is 5.62. The molecule has 1 aromatic rings. The molecular formula is C13H20N2O. The molecule has 1 aliphatic rings. The van der Waals surface area contributed by atoms with Gasteiger partial charge in [0.05, 0.1) is 12.8 Å². The number of methoxy groups -OCH3 is 1. The van der Waals surface area contributed by atoms with Crippen LogP contribution in [-0.2, 0) is 6.42 Å². The number of anilines is 1. The summed E-state index contributed by atoms with van der Waals surface area (Å²) in [5.41, 5.74) is 8.17. The number of benzene rings is 1. The smallest absolute Gasteiger partial charge is 0.142 e. The van der Waals surface area contributed by atoms with Gasteiger partial charge in [-0.1, -0.05) is 12.1 Å². The Balaban J connectivity index is 2.23. The predicted octanol–water partition coefficient (Wildman–Crippen LogP) is 2.02. The molecule has 1 aliphatic heterocycles. The van der Waals surface area contributed by atoms with E-state index in [4.69, 9.17) is 10.5 Å². The number of nitrogens with one attached hydrogen (secondary N) is 1. The molecule has 2 rings (SSSR count).